The van der Waals surface area contributed by atoms with Crippen molar-refractivity contribution in [1.82, 2.24) is 0 Å². The Bertz CT molecular complexity index is 143. The Balaban J connectivity index is 0. The van der Waals surface area contributed by atoms with Crippen molar-refractivity contribution >= 4 is 11.8 Å². The highest BCUT2D eigenvalue weighted by atomic mass is 16.5. The molecule has 0 spiro atoms. The first kappa shape index (κ1) is 14.6. The summed E-state index contributed by atoms with van der Waals surface area (Å²) in [5.41, 5.74) is 0. The molecular weight excluding hydrogens is 172 g/mol. The third-order valence-electron chi connectivity index (χ3n) is 1.03. The summed E-state index contributed by atoms with van der Waals surface area (Å²) < 4.78 is 4.40. The lowest BCUT2D eigenvalue weighted by molar-refractivity contribution is -0.140. The van der Waals surface area contributed by atoms with Gasteiger partial charge in [0.15, 0.2) is 0 Å². The standard InChI is InChI=1S/C5H10O2.C4H8O2/c1-5(7)3-2-4-6;1-3-6-4(2)5/h6H,2-4H2,1H3;3H2,1-2H3. The van der Waals surface area contributed by atoms with Crippen LogP contribution in [0.15, 0.2) is 0 Å². The van der Waals surface area contributed by atoms with Crippen molar-refractivity contribution in [2.45, 2.75) is 33.6 Å². The maximum absolute atomic E-state index is 10.1. The van der Waals surface area contributed by atoms with E-state index in [1.54, 1.807) is 6.92 Å². The minimum absolute atomic E-state index is 0.125. The number of ketones is 1. The van der Waals surface area contributed by atoms with Crippen LogP contribution in [0, 0.1) is 0 Å². The smallest absolute Gasteiger partial charge is 0.302 e. The van der Waals surface area contributed by atoms with Crippen LogP contribution < -0.4 is 0 Å². The van der Waals surface area contributed by atoms with Crippen molar-refractivity contribution in [3.8, 4) is 0 Å². The molecule has 0 heterocycles. The summed E-state index contributed by atoms with van der Waals surface area (Å²) in [6, 6.07) is 0. The fourth-order valence-electron chi connectivity index (χ4n) is 0.531. The maximum Gasteiger partial charge on any atom is 0.302 e. The van der Waals surface area contributed by atoms with Gasteiger partial charge in [-0.2, -0.15) is 0 Å². The number of Topliss-reactive ketones (excluding diaryl/α,β-unsaturated/α-hetero) is 1. The second kappa shape index (κ2) is 11.1. The molecule has 0 saturated carbocycles. The summed E-state index contributed by atoms with van der Waals surface area (Å²) in [6.07, 6.45) is 1.12. The molecule has 0 saturated heterocycles. The monoisotopic (exact) mass is 190 g/mol. The number of aliphatic hydroxyl groups is 1. The minimum atomic E-state index is -0.211. The highest BCUT2D eigenvalue weighted by Crippen LogP contribution is 1.85. The summed E-state index contributed by atoms with van der Waals surface area (Å²) in [7, 11) is 0. The number of esters is 1. The van der Waals surface area contributed by atoms with Crippen LogP contribution in [0.4, 0.5) is 0 Å². The Hall–Kier alpha value is -0.900. The van der Waals surface area contributed by atoms with Gasteiger partial charge in [-0.25, -0.2) is 0 Å². The second-order valence-corrected chi connectivity index (χ2v) is 2.45. The van der Waals surface area contributed by atoms with E-state index in [-0.39, 0.29) is 18.4 Å². The van der Waals surface area contributed by atoms with Crippen molar-refractivity contribution in [3.63, 3.8) is 0 Å². The molecule has 4 nitrogen and oxygen atoms in total. The summed E-state index contributed by atoms with van der Waals surface area (Å²) in [5.74, 6) is -0.0634. The van der Waals surface area contributed by atoms with Crippen molar-refractivity contribution in [2.24, 2.45) is 0 Å². The summed E-state index contributed by atoms with van der Waals surface area (Å²) >= 11 is 0. The molecule has 13 heavy (non-hydrogen) atoms. The first-order valence-electron chi connectivity index (χ1n) is 4.28. The van der Waals surface area contributed by atoms with Gasteiger partial charge in [0.1, 0.15) is 5.78 Å². The van der Waals surface area contributed by atoms with Crippen LogP contribution >= 0.6 is 0 Å². The topological polar surface area (TPSA) is 63.6 Å². The van der Waals surface area contributed by atoms with Crippen LogP contribution in [0.3, 0.4) is 0 Å². The Morgan fingerprint density at radius 3 is 1.92 bits per heavy atom. The Morgan fingerprint density at radius 1 is 1.31 bits per heavy atom. The predicted octanol–water partition coefficient (Wildman–Crippen LogP) is 0.917. The van der Waals surface area contributed by atoms with Gasteiger partial charge in [-0.05, 0) is 20.3 Å². The quantitative estimate of drug-likeness (QED) is 0.669. The zero-order valence-corrected chi connectivity index (χ0v) is 8.50. The summed E-state index contributed by atoms with van der Waals surface area (Å²) in [6.45, 7) is 5.30. The lowest BCUT2D eigenvalue weighted by Crippen LogP contribution is -1.95. The Morgan fingerprint density at radius 2 is 1.85 bits per heavy atom. The predicted molar refractivity (Wildman–Crippen MR) is 49.3 cm³/mol. The van der Waals surface area contributed by atoms with Gasteiger partial charge in [-0.3, -0.25) is 4.79 Å². The van der Waals surface area contributed by atoms with E-state index in [0.717, 1.165) is 0 Å². The lowest BCUT2D eigenvalue weighted by atomic mass is 10.2. The highest BCUT2D eigenvalue weighted by molar-refractivity contribution is 5.75. The van der Waals surface area contributed by atoms with E-state index in [0.29, 0.717) is 19.4 Å². The molecule has 0 aliphatic heterocycles. The van der Waals surface area contributed by atoms with E-state index < -0.39 is 0 Å². The van der Waals surface area contributed by atoms with E-state index in [1.165, 1.54) is 13.8 Å². The molecule has 0 aromatic heterocycles. The van der Waals surface area contributed by atoms with E-state index >= 15 is 0 Å². The Labute approximate surface area is 78.9 Å². The van der Waals surface area contributed by atoms with Gasteiger partial charge in [0, 0.05) is 20.0 Å². The summed E-state index contributed by atoms with van der Waals surface area (Å²) in [5, 5.41) is 8.16. The van der Waals surface area contributed by atoms with E-state index in [1.807, 2.05) is 0 Å². The number of hydrogen-bond acceptors (Lipinski definition) is 4. The van der Waals surface area contributed by atoms with Crippen molar-refractivity contribution in [1.29, 1.82) is 0 Å². The summed E-state index contributed by atoms with van der Waals surface area (Å²) in [4.78, 5) is 19.9. The first-order valence-corrected chi connectivity index (χ1v) is 4.28. The van der Waals surface area contributed by atoms with Gasteiger partial charge in [-0.15, -0.1) is 0 Å². The van der Waals surface area contributed by atoms with Gasteiger partial charge in [0.25, 0.3) is 0 Å². The third kappa shape index (κ3) is 24.7. The Kier molecular flexibility index (Phi) is 12.5. The van der Waals surface area contributed by atoms with Gasteiger partial charge < -0.3 is 14.6 Å². The molecule has 1 N–H and O–H groups in total. The van der Waals surface area contributed by atoms with Crippen molar-refractivity contribution in [3.05, 3.63) is 0 Å². The number of hydrogen-bond donors (Lipinski definition) is 1. The molecule has 0 fully saturated rings. The molecule has 0 radical (unpaired) electrons. The van der Waals surface area contributed by atoms with Gasteiger partial charge in [0.05, 0.1) is 6.61 Å². The first-order chi connectivity index (χ1) is 6.04. The van der Waals surface area contributed by atoms with Gasteiger partial charge in [-0.1, -0.05) is 0 Å². The number of carbonyl (C=O) groups is 2. The SMILES string of the molecule is CC(=O)CCCO.CCOC(C)=O. The largest absolute Gasteiger partial charge is 0.466 e. The normalized spacial score (nSPS) is 8.31. The zero-order chi connectivity index (χ0) is 10.7. The molecule has 0 unspecified atom stereocenters. The molecule has 0 aromatic rings. The number of ether oxygens (including phenoxy) is 1. The third-order valence-corrected chi connectivity index (χ3v) is 1.03. The van der Waals surface area contributed by atoms with Gasteiger partial charge >= 0.3 is 5.97 Å². The fourth-order valence-corrected chi connectivity index (χ4v) is 0.531. The zero-order valence-electron chi connectivity index (χ0n) is 8.50. The highest BCUT2D eigenvalue weighted by Gasteiger charge is 1.88. The molecule has 0 amide bonds. The molecular formula is C9H18O4. The van der Waals surface area contributed by atoms with Crippen LogP contribution in [0.25, 0.3) is 0 Å². The number of aliphatic hydroxyl groups excluding tert-OH is 1. The molecule has 4 heteroatoms. The van der Waals surface area contributed by atoms with E-state index in [4.69, 9.17) is 5.11 Å². The van der Waals surface area contributed by atoms with Crippen LogP contribution in [-0.2, 0) is 14.3 Å². The molecule has 0 bridgehead atoms. The van der Waals surface area contributed by atoms with E-state index in [2.05, 4.69) is 4.74 Å². The second-order valence-electron chi connectivity index (χ2n) is 2.45. The fraction of sp³-hybridized carbons (Fsp3) is 0.778. The molecule has 78 valence electrons. The van der Waals surface area contributed by atoms with Crippen LogP contribution in [0.2, 0.25) is 0 Å². The van der Waals surface area contributed by atoms with Crippen LogP contribution in [0.1, 0.15) is 33.6 Å². The maximum atomic E-state index is 10.1. The number of carbonyl (C=O) groups excluding carboxylic acids is 2. The number of rotatable bonds is 4. The van der Waals surface area contributed by atoms with Crippen LogP contribution in [-0.4, -0.2) is 30.1 Å². The van der Waals surface area contributed by atoms with Crippen molar-refractivity contribution < 1.29 is 19.4 Å². The van der Waals surface area contributed by atoms with Gasteiger partial charge in [0.2, 0.25) is 0 Å². The molecule has 0 atom stereocenters. The lowest BCUT2D eigenvalue weighted by Gasteiger charge is -1.89. The average molecular weight is 190 g/mol. The molecule has 0 rings (SSSR count). The van der Waals surface area contributed by atoms with Crippen LogP contribution in [0.5, 0.6) is 0 Å². The molecule has 0 aromatic carbocycles. The molecule has 0 aliphatic rings. The van der Waals surface area contributed by atoms with Crippen molar-refractivity contribution in [2.75, 3.05) is 13.2 Å². The van der Waals surface area contributed by atoms with E-state index in [9.17, 15) is 9.59 Å². The molecule has 0 aliphatic carbocycles. The average Bonchev–Trinajstić information content (AvgIpc) is 2.01. The minimum Gasteiger partial charge on any atom is -0.466 e.